The van der Waals surface area contributed by atoms with Crippen molar-refractivity contribution in [3.05, 3.63) is 55.6 Å². The van der Waals surface area contributed by atoms with Gasteiger partial charge in [-0.1, -0.05) is 19.3 Å². The van der Waals surface area contributed by atoms with Crippen LogP contribution in [0, 0.1) is 26.1 Å². The van der Waals surface area contributed by atoms with Crippen molar-refractivity contribution in [3.8, 4) is 23.0 Å². The number of hydrogen-bond acceptors (Lipinski definition) is 10. The molecule has 200 valence electrons. The van der Waals surface area contributed by atoms with Gasteiger partial charge in [0.1, 0.15) is 12.2 Å². The third-order valence-corrected chi connectivity index (χ3v) is 6.94. The molecule has 1 saturated heterocycles. The number of hydrogen-bond donors (Lipinski definition) is 0. The van der Waals surface area contributed by atoms with Crippen molar-refractivity contribution in [1.29, 1.82) is 0 Å². The van der Waals surface area contributed by atoms with E-state index in [2.05, 4.69) is 0 Å². The van der Waals surface area contributed by atoms with Gasteiger partial charge in [-0.25, -0.2) is 0 Å². The van der Waals surface area contributed by atoms with Crippen molar-refractivity contribution >= 4 is 11.4 Å². The van der Waals surface area contributed by atoms with E-state index in [-0.39, 0.29) is 51.4 Å². The van der Waals surface area contributed by atoms with Gasteiger partial charge in [-0.15, -0.1) is 0 Å². The summed E-state index contributed by atoms with van der Waals surface area (Å²) in [7, 11) is 5.60. The minimum Gasteiger partial charge on any atom is -0.493 e. The molecule has 0 bridgehead atoms. The van der Waals surface area contributed by atoms with Gasteiger partial charge in [-0.2, -0.15) is 0 Å². The van der Waals surface area contributed by atoms with E-state index in [1.54, 1.807) is 0 Å². The zero-order valence-electron chi connectivity index (χ0n) is 21.1. The first-order valence-corrected chi connectivity index (χ1v) is 11.9. The summed E-state index contributed by atoms with van der Waals surface area (Å²) in [6.45, 7) is 0. The Morgan fingerprint density at radius 1 is 0.676 bits per heavy atom. The van der Waals surface area contributed by atoms with Crippen LogP contribution < -0.4 is 18.9 Å². The second-order valence-electron chi connectivity index (χ2n) is 8.93. The molecular formula is C25H30N2O10. The van der Waals surface area contributed by atoms with Gasteiger partial charge in [-0.05, 0) is 25.0 Å². The summed E-state index contributed by atoms with van der Waals surface area (Å²) in [4.78, 5) is 23.1. The van der Waals surface area contributed by atoms with Crippen LogP contribution in [0.2, 0.25) is 0 Å². The molecule has 2 atom stereocenters. The molecule has 0 amide bonds. The first-order chi connectivity index (χ1) is 17.8. The summed E-state index contributed by atoms with van der Waals surface area (Å²) in [5.74, 6) is 0.921. The van der Waals surface area contributed by atoms with Crippen molar-refractivity contribution in [2.75, 3.05) is 28.4 Å². The number of rotatable bonds is 9. The molecule has 1 heterocycles. The lowest BCUT2D eigenvalue weighted by atomic mass is 9.89. The Morgan fingerprint density at radius 3 is 1.41 bits per heavy atom. The van der Waals surface area contributed by atoms with E-state index in [1.807, 2.05) is 0 Å². The highest BCUT2D eigenvalue weighted by Crippen LogP contribution is 2.53. The minimum absolute atomic E-state index is 0.0552. The van der Waals surface area contributed by atoms with Gasteiger partial charge in [0.2, 0.25) is 0 Å². The van der Waals surface area contributed by atoms with E-state index >= 15 is 0 Å². The molecule has 2 aromatic rings. The molecule has 12 heteroatoms. The number of nitro benzene ring substituents is 2. The van der Waals surface area contributed by atoms with Gasteiger partial charge in [-0.3, -0.25) is 20.2 Å². The van der Waals surface area contributed by atoms with E-state index in [0.717, 1.165) is 32.1 Å². The lowest BCUT2D eigenvalue weighted by Gasteiger charge is -2.26. The van der Waals surface area contributed by atoms with Gasteiger partial charge in [0.25, 0.3) is 11.4 Å². The highest BCUT2D eigenvalue weighted by Gasteiger charge is 2.47. The quantitative estimate of drug-likeness (QED) is 0.318. The molecule has 2 aromatic carbocycles. The molecule has 2 aliphatic rings. The summed E-state index contributed by atoms with van der Waals surface area (Å²) in [6, 6.07) is 5.44. The third-order valence-electron chi connectivity index (χ3n) is 6.94. The maximum atomic E-state index is 12.1. The number of methoxy groups -OCH3 is 4. The molecule has 12 nitrogen and oxygen atoms in total. The summed E-state index contributed by atoms with van der Waals surface area (Å²) >= 11 is 0. The van der Waals surface area contributed by atoms with Crippen LogP contribution in [-0.4, -0.2) is 44.6 Å². The fourth-order valence-corrected chi connectivity index (χ4v) is 5.11. The second kappa shape index (κ2) is 11.2. The van der Waals surface area contributed by atoms with Crippen LogP contribution in [0.5, 0.6) is 23.0 Å². The van der Waals surface area contributed by atoms with Crippen LogP contribution in [0.3, 0.4) is 0 Å². The highest BCUT2D eigenvalue weighted by atomic mass is 16.7. The third kappa shape index (κ3) is 5.12. The highest BCUT2D eigenvalue weighted by molar-refractivity contribution is 5.58. The Bertz CT molecular complexity index is 1080. The number of benzene rings is 2. The Kier molecular flexibility index (Phi) is 7.98. The van der Waals surface area contributed by atoms with E-state index in [1.165, 1.54) is 52.7 Å². The topological polar surface area (TPSA) is 142 Å². The fourth-order valence-electron chi connectivity index (χ4n) is 5.11. The van der Waals surface area contributed by atoms with Gasteiger partial charge < -0.3 is 28.4 Å². The van der Waals surface area contributed by atoms with Crippen LogP contribution in [-0.2, 0) is 9.47 Å². The molecule has 0 N–H and O–H groups in total. The Balaban J connectivity index is 1.90. The van der Waals surface area contributed by atoms with Crippen molar-refractivity contribution in [1.82, 2.24) is 0 Å². The van der Waals surface area contributed by atoms with Gasteiger partial charge in [0, 0.05) is 5.92 Å². The van der Waals surface area contributed by atoms with Crippen molar-refractivity contribution in [2.45, 2.75) is 50.6 Å². The number of nitro groups is 2. The van der Waals surface area contributed by atoms with Crippen LogP contribution in [0.4, 0.5) is 11.4 Å². The van der Waals surface area contributed by atoms with Crippen LogP contribution in [0.15, 0.2) is 24.3 Å². The standard InChI is InChI=1S/C25H30N2O10/c1-32-19-10-15(17(26(28)29)12-21(19)34-3)23-24(37-25(36-23)14-8-6-5-7-9-14)16-11-20(33-2)22(35-4)13-18(16)27(30)31/h10-14,23-25H,5-9H2,1-4H3/t23-,24-/m1/s1. The lowest BCUT2D eigenvalue weighted by Crippen LogP contribution is -2.24. The van der Waals surface area contributed by atoms with E-state index in [4.69, 9.17) is 28.4 Å². The SMILES string of the molecule is COc1cc([C@H]2OC(C3CCCCC3)O[C@@H]2c2cc(OC)c(OC)cc2[N+](=O)[O-])c([N+](=O)[O-])cc1OC. The molecule has 4 rings (SSSR count). The summed E-state index contributed by atoms with van der Waals surface area (Å²) < 4.78 is 34.0. The minimum atomic E-state index is -1.04. The monoisotopic (exact) mass is 518 g/mol. The average Bonchev–Trinajstić information content (AvgIpc) is 3.37. The smallest absolute Gasteiger partial charge is 0.279 e. The fraction of sp³-hybridized carbons (Fsp3) is 0.520. The molecule has 2 fully saturated rings. The van der Waals surface area contributed by atoms with Crippen LogP contribution in [0.1, 0.15) is 55.4 Å². The zero-order valence-corrected chi connectivity index (χ0v) is 21.1. The lowest BCUT2D eigenvalue weighted by molar-refractivity contribution is -0.387. The average molecular weight is 519 g/mol. The maximum Gasteiger partial charge on any atom is 0.279 e. The Labute approximate surface area is 213 Å². The molecule has 0 spiro atoms. The summed E-state index contributed by atoms with van der Waals surface area (Å²) in [6.07, 6.45) is 2.09. The number of ether oxygens (including phenoxy) is 6. The molecule has 1 saturated carbocycles. The van der Waals surface area contributed by atoms with Crippen molar-refractivity contribution in [2.24, 2.45) is 5.92 Å². The van der Waals surface area contributed by atoms with Gasteiger partial charge >= 0.3 is 0 Å². The predicted molar refractivity (Wildman–Crippen MR) is 130 cm³/mol. The molecular weight excluding hydrogens is 488 g/mol. The van der Waals surface area contributed by atoms with E-state index < -0.39 is 28.3 Å². The first kappa shape index (κ1) is 26.4. The molecule has 1 aliphatic carbocycles. The van der Waals surface area contributed by atoms with Crippen molar-refractivity contribution in [3.63, 3.8) is 0 Å². The zero-order chi connectivity index (χ0) is 26.7. The van der Waals surface area contributed by atoms with Crippen molar-refractivity contribution < 1.29 is 38.3 Å². The van der Waals surface area contributed by atoms with Gasteiger partial charge in [0.05, 0.1) is 61.5 Å². The van der Waals surface area contributed by atoms with Crippen LogP contribution >= 0.6 is 0 Å². The largest absolute Gasteiger partial charge is 0.493 e. The Hall–Kier alpha value is -3.64. The van der Waals surface area contributed by atoms with E-state index in [9.17, 15) is 20.2 Å². The maximum absolute atomic E-state index is 12.1. The summed E-state index contributed by atoms with van der Waals surface area (Å²) in [5.41, 5.74) is -0.225. The van der Waals surface area contributed by atoms with Gasteiger partial charge in [0.15, 0.2) is 29.3 Å². The molecule has 0 unspecified atom stereocenters. The first-order valence-electron chi connectivity index (χ1n) is 11.9. The normalized spacial score (nSPS) is 20.4. The number of nitrogens with zero attached hydrogens (tertiary/aromatic N) is 2. The molecule has 0 radical (unpaired) electrons. The van der Waals surface area contributed by atoms with Crippen LogP contribution in [0.25, 0.3) is 0 Å². The molecule has 37 heavy (non-hydrogen) atoms. The molecule has 0 aromatic heterocycles. The Morgan fingerprint density at radius 2 is 1.05 bits per heavy atom. The second-order valence-corrected chi connectivity index (χ2v) is 8.93. The predicted octanol–water partition coefficient (Wildman–Crippen LogP) is 5.27. The van der Waals surface area contributed by atoms with E-state index in [0.29, 0.717) is 0 Å². The summed E-state index contributed by atoms with van der Waals surface area (Å²) in [5, 5.41) is 24.2. The molecule has 1 aliphatic heterocycles.